The summed E-state index contributed by atoms with van der Waals surface area (Å²) >= 11 is 0. The van der Waals surface area contributed by atoms with Gasteiger partial charge in [-0.2, -0.15) is 0 Å². The number of rotatable bonds is 6. The van der Waals surface area contributed by atoms with Gasteiger partial charge in [-0.1, -0.05) is 34.6 Å². The molecule has 0 radical (unpaired) electrons. The third-order valence-electron chi connectivity index (χ3n) is 3.67. The van der Waals surface area contributed by atoms with Gasteiger partial charge in [0.15, 0.2) is 0 Å². The van der Waals surface area contributed by atoms with Gasteiger partial charge in [0.05, 0.1) is 0 Å². The lowest BCUT2D eigenvalue weighted by Gasteiger charge is -2.35. The van der Waals surface area contributed by atoms with Gasteiger partial charge in [-0.05, 0) is 37.3 Å². The molecule has 0 saturated carbocycles. The molecule has 0 aromatic heterocycles. The monoisotopic (exact) mass is 226 g/mol. The number of nitrogens with one attached hydrogen (secondary N) is 1. The maximum Gasteiger partial charge on any atom is 0.0119 e. The molecule has 2 heteroatoms. The Morgan fingerprint density at radius 2 is 2.06 bits per heavy atom. The van der Waals surface area contributed by atoms with Gasteiger partial charge in [-0.3, -0.25) is 4.90 Å². The summed E-state index contributed by atoms with van der Waals surface area (Å²) in [4.78, 5) is 2.71. The van der Waals surface area contributed by atoms with Crippen LogP contribution in [0, 0.1) is 11.3 Å². The molecule has 1 saturated heterocycles. The van der Waals surface area contributed by atoms with Crippen LogP contribution in [0.1, 0.15) is 47.5 Å². The molecule has 0 spiro atoms. The Balaban J connectivity index is 2.45. The van der Waals surface area contributed by atoms with Crippen molar-refractivity contribution in [3.8, 4) is 0 Å². The van der Waals surface area contributed by atoms with Crippen molar-refractivity contribution < 1.29 is 0 Å². The van der Waals surface area contributed by atoms with E-state index in [0.717, 1.165) is 25.0 Å². The maximum atomic E-state index is 3.48. The molecule has 1 unspecified atom stereocenters. The van der Waals surface area contributed by atoms with Gasteiger partial charge >= 0.3 is 0 Å². The van der Waals surface area contributed by atoms with Crippen LogP contribution in [0.4, 0.5) is 0 Å². The van der Waals surface area contributed by atoms with Crippen molar-refractivity contribution in [3.63, 3.8) is 0 Å². The van der Waals surface area contributed by atoms with Crippen molar-refractivity contribution in [2.24, 2.45) is 11.3 Å². The van der Waals surface area contributed by atoms with E-state index in [1.165, 1.54) is 25.9 Å². The molecule has 1 fully saturated rings. The zero-order valence-electron chi connectivity index (χ0n) is 11.8. The number of hydrogen-bond donors (Lipinski definition) is 1. The lowest BCUT2D eigenvalue weighted by Crippen LogP contribution is -2.44. The van der Waals surface area contributed by atoms with Gasteiger partial charge in [-0.15, -0.1) is 0 Å². The van der Waals surface area contributed by atoms with E-state index in [0.29, 0.717) is 5.41 Å². The van der Waals surface area contributed by atoms with Gasteiger partial charge in [0.2, 0.25) is 0 Å². The predicted octanol–water partition coefficient (Wildman–Crippen LogP) is 2.74. The summed E-state index contributed by atoms with van der Waals surface area (Å²) < 4.78 is 0. The quantitative estimate of drug-likeness (QED) is 0.749. The van der Waals surface area contributed by atoms with E-state index < -0.39 is 0 Å². The van der Waals surface area contributed by atoms with Crippen LogP contribution in [0.25, 0.3) is 0 Å². The molecule has 16 heavy (non-hydrogen) atoms. The molecule has 1 atom stereocenters. The normalized spacial score (nSPS) is 23.2. The third-order valence-corrected chi connectivity index (χ3v) is 3.67. The molecule has 0 aromatic carbocycles. The highest BCUT2D eigenvalue weighted by Gasteiger charge is 2.31. The molecule has 1 aliphatic heterocycles. The molecule has 96 valence electrons. The molecular formula is C14H30N2. The van der Waals surface area contributed by atoms with E-state index in [9.17, 15) is 0 Å². The van der Waals surface area contributed by atoms with Gasteiger partial charge in [0, 0.05) is 19.1 Å². The Hall–Kier alpha value is -0.0800. The van der Waals surface area contributed by atoms with E-state index in [1.807, 2.05) is 0 Å². The summed E-state index contributed by atoms with van der Waals surface area (Å²) in [6.07, 6.45) is 2.79. The van der Waals surface area contributed by atoms with Crippen LogP contribution in [0.3, 0.4) is 0 Å². The molecular weight excluding hydrogens is 196 g/mol. The zero-order valence-corrected chi connectivity index (χ0v) is 11.8. The Kier molecular flexibility index (Phi) is 5.26. The van der Waals surface area contributed by atoms with Crippen LogP contribution < -0.4 is 5.32 Å². The molecule has 0 aliphatic carbocycles. The Morgan fingerprint density at radius 3 is 2.62 bits per heavy atom. The fraction of sp³-hybridized carbons (Fsp3) is 1.00. The van der Waals surface area contributed by atoms with E-state index >= 15 is 0 Å². The van der Waals surface area contributed by atoms with Crippen molar-refractivity contribution >= 4 is 0 Å². The molecule has 0 bridgehead atoms. The highest BCUT2D eigenvalue weighted by Crippen LogP contribution is 2.27. The first-order chi connectivity index (χ1) is 7.46. The zero-order chi connectivity index (χ0) is 12.2. The molecule has 1 N–H and O–H groups in total. The standard InChI is InChI=1S/C14H30N2/c1-6-15-10-14(4,5)11-16-9-7-8-13(16)12(2)3/h12-13,15H,6-11H2,1-5H3. The molecule has 0 aromatic rings. The Morgan fingerprint density at radius 1 is 1.38 bits per heavy atom. The second-order valence-corrected chi connectivity index (χ2v) is 6.37. The van der Waals surface area contributed by atoms with Crippen molar-refractivity contribution in [3.05, 3.63) is 0 Å². The first kappa shape index (κ1) is 14.0. The van der Waals surface area contributed by atoms with Crippen molar-refractivity contribution in [2.45, 2.75) is 53.5 Å². The van der Waals surface area contributed by atoms with E-state index in [2.05, 4.69) is 44.8 Å². The molecule has 1 aliphatic rings. The van der Waals surface area contributed by atoms with E-state index in [1.54, 1.807) is 0 Å². The summed E-state index contributed by atoms with van der Waals surface area (Å²) in [7, 11) is 0. The maximum absolute atomic E-state index is 3.48. The van der Waals surface area contributed by atoms with Gasteiger partial charge in [-0.25, -0.2) is 0 Å². The SMILES string of the molecule is CCNCC(C)(C)CN1CCCC1C(C)C. The predicted molar refractivity (Wildman–Crippen MR) is 71.8 cm³/mol. The fourth-order valence-corrected chi connectivity index (χ4v) is 2.87. The lowest BCUT2D eigenvalue weighted by molar-refractivity contribution is 0.137. The summed E-state index contributed by atoms with van der Waals surface area (Å²) in [6, 6.07) is 0.820. The molecule has 2 nitrogen and oxygen atoms in total. The van der Waals surface area contributed by atoms with Crippen LogP contribution in [0.2, 0.25) is 0 Å². The van der Waals surface area contributed by atoms with Gasteiger partial charge in [0.1, 0.15) is 0 Å². The van der Waals surface area contributed by atoms with Crippen molar-refractivity contribution in [1.29, 1.82) is 0 Å². The third kappa shape index (κ3) is 4.06. The summed E-state index contributed by atoms with van der Waals surface area (Å²) in [5, 5.41) is 3.48. The first-order valence-electron chi connectivity index (χ1n) is 6.91. The minimum absolute atomic E-state index is 0.396. The average Bonchev–Trinajstić information content (AvgIpc) is 2.62. The summed E-state index contributed by atoms with van der Waals surface area (Å²) in [6.45, 7) is 16.4. The summed E-state index contributed by atoms with van der Waals surface area (Å²) in [5.41, 5.74) is 0.396. The second kappa shape index (κ2) is 6.02. The van der Waals surface area contributed by atoms with Crippen LogP contribution in [-0.2, 0) is 0 Å². The minimum atomic E-state index is 0.396. The Labute approximate surface area is 102 Å². The topological polar surface area (TPSA) is 15.3 Å². The van der Waals surface area contributed by atoms with Crippen LogP contribution in [0.15, 0.2) is 0 Å². The van der Waals surface area contributed by atoms with Gasteiger partial charge < -0.3 is 5.32 Å². The fourth-order valence-electron chi connectivity index (χ4n) is 2.87. The minimum Gasteiger partial charge on any atom is -0.316 e. The lowest BCUT2D eigenvalue weighted by atomic mass is 9.91. The summed E-state index contributed by atoms with van der Waals surface area (Å²) in [5.74, 6) is 0.803. The van der Waals surface area contributed by atoms with E-state index in [-0.39, 0.29) is 0 Å². The number of nitrogens with zero attached hydrogens (tertiary/aromatic N) is 1. The smallest absolute Gasteiger partial charge is 0.0119 e. The van der Waals surface area contributed by atoms with E-state index in [4.69, 9.17) is 0 Å². The first-order valence-corrected chi connectivity index (χ1v) is 6.91. The van der Waals surface area contributed by atoms with Gasteiger partial charge in [0.25, 0.3) is 0 Å². The van der Waals surface area contributed by atoms with Crippen LogP contribution in [-0.4, -0.2) is 37.1 Å². The highest BCUT2D eigenvalue weighted by molar-refractivity contribution is 4.86. The largest absolute Gasteiger partial charge is 0.316 e. The second-order valence-electron chi connectivity index (χ2n) is 6.37. The van der Waals surface area contributed by atoms with Crippen LogP contribution >= 0.6 is 0 Å². The van der Waals surface area contributed by atoms with Crippen molar-refractivity contribution in [2.75, 3.05) is 26.2 Å². The molecule has 1 heterocycles. The Bertz CT molecular complexity index is 199. The molecule has 0 amide bonds. The number of hydrogen-bond acceptors (Lipinski definition) is 2. The van der Waals surface area contributed by atoms with Crippen LogP contribution in [0.5, 0.6) is 0 Å². The molecule has 1 rings (SSSR count). The average molecular weight is 226 g/mol. The highest BCUT2D eigenvalue weighted by atomic mass is 15.2. The van der Waals surface area contributed by atoms with Crippen molar-refractivity contribution in [1.82, 2.24) is 10.2 Å². The number of likely N-dealkylation sites (tertiary alicyclic amines) is 1.